The van der Waals surface area contributed by atoms with Crippen molar-refractivity contribution in [2.75, 3.05) is 45.8 Å². The number of nitrogens with two attached hydrogens (primary N) is 1. The van der Waals surface area contributed by atoms with Crippen LogP contribution < -0.4 is 5.73 Å². The molecule has 0 aromatic heterocycles. The summed E-state index contributed by atoms with van der Waals surface area (Å²) in [6, 6.07) is 8.90. The summed E-state index contributed by atoms with van der Waals surface area (Å²) >= 11 is 0. The Hall–Kier alpha value is -1.59. The topological polar surface area (TPSA) is 48.1 Å². The fourth-order valence-corrected chi connectivity index (χ4v) is 3.94. The molecule has 1 aromatic rings. The average Bonchev–Trinajstić information content (AvgIpc) is 2.68. The Morgan fingerprint density at radius 2 is 1.69 bits per heavy atom. The van der Waals surface area contributed by atoms with Crippen LogP contribution in [0.2, 0.25) is 0 Å². The van der Waals surface area contributed by atoms with Gasteiger partial charge in [0, 0.05) is 45.8 Å². The maximum Gasteiger partial charge on any atom is 0.191 e. The average molecular weight is 358 g/mol. The smallest absolute Gasteiger partial charge is 0.191 e. The van der Waals surface area contributed by atoms with Crippen LogP contribution in [0, 0.1) is 5.92 Å². The van der Waals surface area contributed by atoms with E-state index in [0.29, 0.717) is 12.5 Å². The quantitative estimate of drug-likeness (QED) is 0.649. The number of rotatable bonds is 5. The molecule has 0 aliphatic carbocycles. The number of likely N-dealkylation sites (N-methyl/N-ethyl adjacent to an activating group) is 1. The number of hydrogen-bond acceptors (Lipinski definition) is 3. The van der Waals surface area contributed by atoms with E-state index in [9.17, 15) is 0 Å². The second-order valence-corrected chi connectivity index (χ2v) is 7.89. The molecular weight excluding hydrogens is 322 g/mol. The summed E-state index contributed by atoms with van der Waals surface area (Å²) < 4.78 is 0. The van der Waals surface area contributed by atoms with Gasteiger partial charge >= 0.3 is 0 Å². The van der Waals surface area contributed by atoms with Gasteiger partial charge in [-0.3, -0.25) is 4.90 Å². The van der Waals surface area contributed by atoms with Crippen LogP contribution in [0.4, 0.5) is 0 Å². The summed E-state index contributed by atoms with van der Waals surface area (Å²) in [6.45, 7) is 14.2. The van der Waals surface area contributed by atoms with E-state index in [0.717, 1.165) is 25.6 Å². The molecule has 0 saturated carbocycles. The van der Waals surface area contributed by atoms with Crippen LogP contribution in [0.15, 0.2) is 29.3 Å². The highest BCUT2D eigenvalue weighted by molar-refractivity contribution is 5.78. The van der Waals surface area contributed by atoms with Crippen LogP contribution in [0.3, 0.4) is 0 Å². The van der Waals surface area contributed by atoms with E-state index >= 15 is 0 Å². The van der Waals surface area contributed by atoms with Crippen LogP contribution in [0.5, 0.6) is 0 Å². The summed E-state index contributed by atoms with van der Waals surface area (Å²) in [5.74, 6) is 1.42. The molecule has 1 aromatic carbocycles. The summed E-state index contributed by atoms with van der Waals surface area (Å²) in [4.78, 5) is 11.9. The second kappa shape index (κ2) is 9.38. The molecule has 2 fully saturated rings. The second-order valence-electron chi connectivity index (χ2n) is 7.89. The van der Waals surface area contributed by atoms with Crippen molar-refractivity contribution in [1.82, 2.24) is 14.7 Å². The first-order valence-electron chi connectivity index (χ1n) is 10.2. The van der Waals surface area contributed by atoms with Gasteiger partial charge in [-0.15, -0.1) is 0 Å². The van der Waals surface area contributed by atoms with Crippen molar-refractivity contribution in [3.63, 3.8) is 0 Å². The zero-order valence-corrected chi connectivity index (χ0v) is 16.5. The molecule has 26 heavy (non-hydrogen) atoms. The zero-order chi connectivity index (χ0) is 18.4. The SMILES string of the molecule is CCN1CCN(Cc2ccc(CN=C(N)N3CCCC(C)C3)cc2)CC1. The Kier molecular flexibility index (Phi) is 6.92. The van der Waals surface area contributed by atoms with Crippen molar-refractivity contribution in [2.24, 2.45) is 16.6 Å². The molecule has 1 unspecified atom stereocenters. The molecule has 2 aliphatic rings. The highest BCUT2D eigenvalue weighted by Crippen LogP contribution is 2.15. The van der Waals surface area contributed by atoms with E-state index in [2.05, 4.69) is 57.8 Å². The summed E-state index contributed by atoms with van der Waals surface area (Å²) in [7, 11) is 0. The van der Waals surface area contributed by atoms with Gasteiger partial charge in [-0.2, -0.15) is 0 Å². The Bertz CT molecular complexity index is 575. The van der Waals surface area contributed by atoms with Crippen LogP contribution in [0.1, 0.15) is 37.8 Å². The number of piperidine rings is 1. The van der Waals surface area contributed by atoms with E-state index in [1.807, 2.05) is 0 Å². The predicted octanol–water partition coefficient (Wildman–Crippen LogP) is 2.37. The molecule has 2 N–H and O–H groups in total. The van der Waals surface area contributed by atoms with E-state index in [-0.39, 0.29) is 0 Å². The number of benzene rings is 1. The van der Waals surface area contributed by atoms with E-state index < -0.39 is 0 Å². The van der Waals surface area contributed by atoms with Gasteiger partial charge in [0.05, 0.1) is 6.54 Å². The van der Waals surface area contributed by atoms with Gasteiger partial charge < -0.3 is 15.5 Å². The molecule has 2 aliphatic heterocycles. The van der Waals surface area contributed by atoms with Gasteiger partial charge in [0.2, 0.25) is 0 Å². The molecule has 0 spiro atoms. The summed E-state index contributed by atoms with van der Waals surface area (Å²) in [5.41, 5.74) is 8.82. The Balaban J connectivity index is 1.47. The van der Waals surface area contributed by atoms with Crippen molar-refractivity contribution < 1.29 is 0 Å². The number of likely N-dealkylation sites (tertiary alicyclic amines) is 1. The maximum atomic E-state index is 6.20. The lowest BCUT2D eigenvalue weighted by Gasteiger charge is -2.34. The van der Waals surface area contributed by atoms with Gasteiger partial charge in [0.25, 0.3) is 0 Å². The minimum Gasteiger partial charge on any atom is -0.370 e. The van der Waals surface area contributed by atoms with Crippen LogP contribution in [-0.4, -0.2) is 66.5 Å². The van der Waals surface area contributed by atoms with Crippen molar-refractivity contribution in [3.05, 3.63) is 35.4 Å². The van der Waals surface area contributed by atoms with Crippen molar-refractivity contribution in [3.8, 4) is 0 Å². The summed E-state index contributed by atoms with van der Waals surface area (Å²) in [6.07, 6.45) is 2.53. The Morgan fingerprint density at radius 3 is 2.35 bits per heavy atom. The molecule has 144 valence electrons. The maximum absolute atomic E-state index is 6.20. The molecular formula is C21H35N5. The molecule has 5 heteroatoms. The molecule has 1 atom stereocenters. The highest BCUT2D eigenvalue weighted by Gasteiger charge is 2.17. The number of hydrogen-bond donors (Lipinski definition) is 1. The molecule has 5 nitrogen and oxygen atoms in total. The van der Waals surface area contributed by atoms with Crippen molar-refractivity contribution >= 4 is 5.96 Å². The molecule has 0 bridgehead atoms. The molecule has 2 heterocycles. The third kappa shape index (κ3) is 5.45. The zero-order valence-electron chi connectivity index (χ0n) is 16.5. The van der Waals surface area contributed by atoms with Crippen molar-refractivity contribution in [2.45, 2.75) is 39.8 Å². The first-order chi connectivity index (χ1) is 12.6. The first kappa shape index (κ1) is 19.2. The highest BCUT2D eigenvalue weighted by atomic mass is 15.3. The fourth-order valence-electron chi connectivity index (χ4n) is 3.94. The minimum atomic E-state index is 0.673. The predicted molar refractivity (Wildman–Crippen MR) is 109 cm³/mol. The number of nitrogens with zero attached hydrogens (tertiary/aromatic N) is 4. The third-order valence-electron chi connectivity index (χ3n) is 5.75. The normalized spacial score (nSPS) is 23.4. The lowest BCUT2D eigenvalue weighted by molar-refractivity contribution is 0.132. The van der Waals surface area contributed by atoms with Gasteiger partial charge in [-0.05, 0) is 36.4 Å². The Morgan fingerprint density at radius 1 is 1.04 bits per heavy atom. The lowest BCUT2D eigenvalue weighted by atomic mass is 10.0. The van der Waals surface area contributed by atoms with E-state index in [4.69, 9.17) is 5.73 Å². The van der Waals surface area contributed by atoms with E-state index in [1.54, 1.807) is 0 Å². The first-order valence-corrected chi connectivity index (χ1v) is 10.2. The van der Waals surface area contributed by atoms with Gasteiger partial charge in [-0.1, -0.05) is 38.1 Å². The Labute approximate surface area is 158 Å². The van der Waals surface area contributed by atoms with Gasteiger partial charge in [0.1, 0.15) is 0 Å². The van der Waals surface area contributed by atoms with Crippen molar-refractivity contribution in [1.29, 1.82) is 0 Å². The minimum absolute atomic E-state index is 0.673. The van der Waals surface area contributed by atoms with Gasteiger partial charge in [-0.25, -0.2) is 4.99 Å². The van der Waals surface area contributed by atoms with Crippen LogP contribution in [0.25, 0.3) is 0 Å². The lowest BCUT2D eigenvalue weighted by Crippen LogP contribution is -2.45. The summed E-state index contributed by atoms with van der Waals surface area (Å²) in [5, 5.41) is 0. The van der Waals surface area contributed by atoms with Gasteiger partial charge in [0.15, 0.2) is 5.96 Å². The molecule has 2 saturated heterocycles. The van der Waals surface area contributed by atoms with Crippen LogP contribution >= 0.6 is 0 Å². The number of piperazine rings is 1. The largest absolute Gasteiger partial charge is 0.370 e. The van der Waals surface area contributed by atoms with E-state index in [1.165, 1.54) is 56.7 Å². The monoisotopic (exact) mass is 357 g/mol. The molecule has 0 radical (unpaired) electrons. The fraction of sp³-hybridized carbons (Fsp3) is 0.667. The molecule has 0 amide bonds. The molecule has 3 rings (SSSR count). The number of aliphatic imine (C=N–C) groups is 1. The standard InChI is InChI=1S/C21H35N5/c1-3-24-11-13-25(14-12-24)17-20-8-6-19(7-9-20)15-23-21(22)26-10-4-5-18(2)16-26/h6-9,18H,3-5,10-17H2,1-2H3,(H2,22,23). The number of guanidine groups is 1. The third-order valence-corrected chi connectivity index (χ3v) is 5.75. The van der Waals surface area contributed by atoms with Crippen LogP contribution in [-0.2, 0) is 13.1 Å².